The highest BCUT2D eigenvalue weighted by molar-refractivity contribution is 7.99. The zero-order valence-electron chi connectivity index (χ0n) is 29.8. The van der Waals surface area contributed by atoms with Gasteiger partial charge in [0.25, 0.3) is 0 Å². The van der Waals surface area contributed by atoms with Crippen LogP contribution >= 0.6 is 11.8 Å². The largest absolute Gasteiger partial charge is 0.306 e. The SMILES string of the molecule is CC.CCCCCCCC(CCC)CCCCC.CCCCCCCCCN(C)CCC.CCCSCCC. The fourth-order valence-electron chi connectivity index (χ4n) is 4.78. The van der Waals surface area contributed by atoms with Gasteiger partial charge in [-0.3, -0.25) is 0 Å². The third-order valence-corrected chi connectivity index (χ3v) is 8.47. The Labute approximate surface area is 257 Å². The summed E-state index contributed by atoms with van der Waals surface area (Å²) in [5.74, 6) is 3.72. The van der Waals surface area contributed by atoms with E-state index < -0.39 is 0 Å². The highest BCUT2D eigenvalue weighted by Gasteiger charge is 2.06. The van der Waals surface area contributed by atoms with Crippen LogP contribution in [0, 0.1) is 5.92 Å². The minimum atomic E-state index is 1.04. The molecule has 0 N–H and O–H groups in total. The van der Waals surface area contributed by atoms with Crippen LogP contribution in [0.5, 0.6) is 0 Å². The van der Waals surface area contributed by atoms with E-state index in [2.05, 4.69) is 72.2 Å². The highest BCUT2D eigenvalue weighted by Crippen LogP contribution is 2.22. The van der Waals surface area contributed by atoms with Crippen molar-refractivity contribution in [3.8, 4) is 0 Å². The molecule has 0 rings (SSSR count). The van der Waals surface area contributed by atoms with Crippen LogP contribution in [0.15, 0.2) is 0 Å². The molecular weight excluding hydrogens is 490 g/mol. The normalized spacial score (nSPS) is 11.2. The van der Waals surface area contributed by atoms with Gasteiger partial charge in [-0.2, -0.15) is 11.8 Å². The van der Waals surface area contributed by atoms with Gasteiger partial charge < -0.3 is 4.90 Å². The Bertz CT molecular complexity index is 342. The van der Waals surface area contributed by atoms with Crippen LogP contribution in [0.1, 0.15) is 204 Å². The van der Waals surface area contributed by atoms with Crippen LogP contribution < -0.4 is 0 Å². The highest BCUT2D eigenvalue weighted by atomic mass is 32.2. The van der Waals surface area contributed by atoms with Crippen molar-refractivity contribution in [3.63, 3.8) is 0 Å². The van der Waals surface area contributed by atoms with Crippen LogP contribution in [-0.4, -0.2) is 36.5 Å². The first-order chi connectivity index (χ1) is 19.1. The van der Waals surface area contributed by atoms with E-state index in [1.165, 1.54) is 166 Å². The van der Waals surface area contributed by atoms with Gasteiger partial charge in [0.05, 0.1) is 0 Å². The summed E-state index contributed by atoms with van der Waals surface area (Å²) >= 11 is 2.05. The Kier molecular flexibility index (Phi) is 57.0. The van der Waals surface area contributed by atoms with E-state index in [0.29, 0.717) is 0 Å². The third kappa shape index (κ3) is 51.5. The summed E-state index contributed by atoms with van der Waals surface area (Å²) in [6, 6.07) is 0. The van der Waals surface area contributed by atoms with Gasteiger partial charge in [0.15, 0.2) is 0 Å². The monoisotopic (exact) mass is 574 g/mol. The molecule has 2 heteroatoms. The standard InChI is InChI=1S/C16H34.C13H29N.C6H14S.C2H6/c1-4-7-9-10-12-15-16(13-6-3)14-11-8-5-2;1-4-6-7-8-9-10-11-13-14(3)12-5-2;1-3-5-7-6-4-2;1-2/h16H,4-15H2,1-3H3;4-13H2,1-3H3;3-6H2,1-2H3;1-2H3. The van der Waals surface area contributed by atoms with Crippen LogP contribution in [0.3, 0.4) is 0 Å². The zero-order chi connectivity index (χ0) is 30.2. The number of unbranched alkanes of at least 4 members (excludes halogenated alkanes) is 12. The summed E-state index contributed by atoms with van der Waals surface area (Å²) in [6.07, 6.45) is 31.2. The average Bonchev–Trinajstić information content (AvgIpc) is 2.95. The lowest BCUT2D eigenvalue weighted by atomic mass is 9.91. The smallest absolute Gasteiger partial charge is 0.00218 e. The van der Waals surface area contributed by atoms with Gasteiger partial charge in [-0.25, -0.2) is 0 Å². The Morgan fingerprint density at radius 1 is 0.410 bits per heavy atom. The van der Waals surface area contributed by atoms with Crippen LogP contribution in [0.2, 0.25) is 0 Å². The molecule has 0 saturated carbocycles. The maximum absolute atomic E-state index is 2.45. The zero-order valence-corrected chi connectivity index (χ0v) is 30.6. The van der Waals surface area contributed by atoms with Gasteiger partial charge >= 0.3 is 0 Å². The predicted molar refractivity (Wildman–Crippen MR) is 191 cm³/mol. The summed E-state index contributed by atoms with van der Waals surface area (Å²) in [4.78, 5) is 2.45. The molecule has 0 saturated heterocycles. The van der Waals surface area contributed by atoms with Gasteiger partial charge in [-0.1, -0.05) is 178 Å². The van der Waals surface area contributed by atoms with Gasteiger partial charge in [-0.05, 0) is 63.2 Å². The maximum Gasteiger partial charge on any atom is -0.00218 e. The molecule has 0 radical (unpaired) electrons. The summed E-state index contributed by atoms with van der Waals surface area (Å²) in [5.41, 5.74) is 0. The van der Waals surface area contributed by atoms with Gasteiger partial charge in [-0.15, -0.1) is 0 Å². The molecule has 242 valence electrons. The lowest BCUT2D eigenvalue weighted by Crippen LogP contribution is -2.20. The second-order valence-electron chi connectivity index (χ2n) is 11.4. The van der Waals surface area contributed by atoms with E-state index in [1.54, 1.807) is 0 Å². The van der Waals surface area contributed by atoms with Gasteiger partial charge in [0.2, 0.25) is 0 Å². The fourth-order valence-corrected chi connectivity index (χ4v) is 5.57. The number of thioether (sulfide) groups is 1. The molecule has 0 aromatic rings. The van der Waals surface area contributed by atoms with Crippen molar-refractivity contribution >= 4 is 11.8 Å². The van der Waals surface area contributed by atoms with Crippen molar-refractivity contribution < 1.29 is 0 Å². The number of rotatable bonds is 26. The molecule has 0 bridgehead atoms. The molecule has 39 heavy (non-hydrogen) atoms. The second kappa shape index (κ2) is 48.1. The summed E-state index contributed by atoms with van der Waals surface area (Å²) in [6.45, 7) is 22.5. The molecule has 0 aliphatic rings. The lowest BCUT2D eigenvalue weighted by Gasteiger charge is -2.15. The molecule has 1 unspecified atom stereocenters. The van der Waals surface area contributed by atoms with E-state index in [1.807, 2.05) is 13.8 Å². The molecule has 0 fully saturated rings. The number of hydrogen-bond acceptors (Lipinski definition) is 2. The van der Waals surface area contributed by atoms with Crippen LogP contribution in [0.4, 0.5) is 0 Å². The summed E-state index contributed by atoms with van der Waals surface area (Å²) < 4.78 is 0. The van der Waals surface area contributed by atoms with Crippen molar-refractivity contribution in [1.29, 1.82) is 0 Å². The van der Waals surface area contributed by atoms with Crippen molar-refractivity contribution in [3.05, 3.63) is 0 Å². The molecule has 0 spiro atoms. The van der Waals surface area contributed by atoms with Crippen molar-refractivity contribution in [2.75, 3.05) is 31.6 Å². The third-order valence-electron chi connectivity index (χ3n) is 7.07. The summed E-state index contributed by atoms with van der Waals surface area (Å²) in [5, 5.41) is 0. The number of hydrogen-bond donors (Lipinski definition) is 0. The van der Waals surface area contributed by atoms with Crippen LogP contribution in [0.25, 0.3) is 0 Å². The Morgan fingerprint density at radius 3 is 1.26 bits per heavy atom. The average molecular weight is 574 g/mol. The van der Waals surface area contributed by atoms with Crippen molar-refractivity contribution in [2.24, 2.45) is 5.92 Å². The molecule has 0 aromatic carbocycles. The summed E-state index contributed by atoms with van der Waals surface area (Å²) in [7, 11) is 2.24. The van der Waals surface area contributed by atoms with Gasteiger partial charge in [0, 0.05) is 0 Å². The lowest BCUT2D eigenvalue weighted by molar-refractivity contribution is 0.324. The first-order valence-corrected chi connectivity index (χ1v) is 19.5. The Hall–Kier alpha value is 0.310. The van der Waals surface area contributed by atoms with E-state index in [-0.39, 0.29) is 0 Å². The molecule has 0 aliphatic heterocycles. The minimum absolute atomic E-state index is 1.04. The first kappa shape index (κ1) is 46.3. The number of nitrogens with zero attached hydrogens (tertiary/aromatic N) is 1. The Balaban J connectivity index is -0.000000243. The maximum atomic E-state index is 2.45. The Morgan fingerprint density at radius 2 is 0.821 bits per heavy atom. The molecule has 0 amide bonds. The van der Waals surface area contributed by atoms with E-state index in [4.69, 9.17) is 0 Å². The van der Waals surface area contributed by atoms with Crippen molar-refractivity contribution in [1.82, 2.24) is 4.90 Å². The topological polar surface area (TPSA) is 3.24 Å². The molecular formula is C37H83NS. The molecule has 0 heterocycles. The van der Waals surface area contributed by atoms with E-state index in [9.17, 15) is 0 Å². The first-order valence-electron chi connectivity index (χ1n) is 18.3. The quantitative estimate of drug-likeness (QED) is 0.0946. The molecule has 0 aliphatic carbocycles. The predicted octanol–water partition coefficient (Wildman–Crippen LogP) is 14.0. The van der Waals surface area contributed by atoms with Crippen molar-refractivity contribution in [2.45, 2.75) is 204 Å². The molecule has 1 nitrogen and oxygen atoms in total. The van der Waals surface area contributed by atoms with Gasteiger partial charge in [0.1, 0.15) is 0 Å². The van der Waals surface area contributed by atoms with Crippen LogP contribution in [-0.2, 0) is 0 Å². The second-order valence-corrected chi connectivity index (χ2v) is 12.6. The minimum Gasteiger partial charge on any atom is -0.306 e. The van der Waals surface area contributed by atoms with E-state index in [0.717, 1.165) is 5.92 Å². The van der Waals surface area contributed by atoms with E-state index >= 15 is 0 Å². The molecule has 0 aromatic heterocycles. The fraction of sp³-hybridized carbons (Fsp3) is 1.00. The molecule has 1 atom stereocenters.